The molecule has 0 spiro atoms. The number of likely N-dealkylation sites (tertiary alicyclic amines) is 1. The average Bonchev–Trinajstić information content (AvgIpc) is 3.02. The van der Waals surface area contributed by atoms with E-state index in [1.807, 2.05) is 0 Å². The van der Waals surface area contributed by atoms with Crippen LogP contribution in [0.15, 0.2) is 11.6 Å². The molecule has 0 aromatic rings. The highest BCUT2D eigenvalue weighted by molar-refractivity contribution is 5.73. The Morgan fingerprint density at radius 1 is 1.00 bits per heavy atom. The maximum absolute atomic E-state index is 13.5. The summed E-state index contributed by atoms with van der Waals surface area (Å²) >= 11 is 0. The summed E-state index contributed by atoms with van der Waals surface area (Å²) in [6, 6.07) is 0.285. The minimum absolute atomic E-state index is 0.133. The molecule has 2 saturated heterocycles. The van der Waals surface area contributed by atoms with Gasteiger partial charge in [-0.3, -0.25) is 14.4 Å². The summed E-state index contributed by atoms with van der Waals surface area (Å²) in [5.74, 6) is -0.710. The number of aliphatic carboxylic acids is 1. The van der Waals surface area contributed by atoms with Gasteiger partial charge >= 0.3 is 17.9 Å². The van der Waals surface area contributed by atoms with Crippen LogP contribution < -0.4 is 5.32 Å². The Hall–Kier alpha value is -1.97. The molecule has 276 valence electrons. The lowest BCUT2D eigenvalue weighted by Gasteiger charge is -2.71. The van der Waals surface area contributed by atoms with Crippen LogP contribution in [0.5, 0.6) is 0 Å². The third kappa shape index (κ3) is 5.71. The monoisotopic (exact) mass is 684 g/mol. The first-order valence-electron chi connectivity index (χ1n) is 19.2. The van der Waals surface area contributed by atoms with Gasteiger partial charge < -0.3 is 29.5 Å². The normalized spacial score (nSPS) is 44.5. The van der Waals surface area contributed by atoms with Crippen molar-refractivity contribution in [2.24, 2.45) is 56.7 Å². The molecule has 3 saturated carbocycles. The van der Waals surface area contributed by atoms with Crippen molar-refractivity contribution in [2.45, 2.75) is 125 Å². The number of rotatable bonds is 8. The highest BCUT2D eigenvalue weighted by Crippen LogP contribution is 2.75. The summed E-state index contributed by atoms with van der Waals surface area (Å²) in [6.07, 6.45) is 8.26. The number of carboxylic acids is 1. The molecule has 9 nitrogen and oxygen atoms in total. The lowest BCUT2D eigenvalue weighted by molar-refractivity contribution is -0.263. The molecule has 0 radical (unpaired) electrons. The van der Waals surface area contributed by atoms with E-state index < -0.39 is 34.9 Å². The number of nitrogens with zero attached hydrogens (tertiary/aromatic N) is 1. The fourth-order valence-electron chi connectivity index (χ4n) is 12.7. The largest absolute Gasteiger partial charge is 0.481 e. The number of ether oxygens (including phenoxy) is 3. The first-order valence-corrected chi connectivity index (χ1v) is 19.2. The van der Waals surface area contributed by atoms with E-state index in [2.05, 4.69) is 71.8 Å². The van der Waals surface area contributed by atoms with Crippen LogP contribution in [0.3, 0.4) is 0 Å². The van der Waals surface area contributed by atoms with Gasteiger partial charge in [0.1, 0.15) is 12.2 Å². The number of piperidine rings is 1. The maximum Gasteiger partial charge on any atom is 0.320 e. The van der Waals surface area contributed by atoms with Crippen LogP contribution in [0.2, 0.25) is 0 Å². The molecule has 4 aliphatic carbocycles. The van der Waals surface area contributed by atoms with E-state index in [9.17, 15) is 19.5 Å². The number of esters is 2. The van der Waals surface area contributed by atoms with Crippen molar-refractivity contribution in [3.8, 4) is 0 Å². The first-order chi connectivity index (χ1) is 22.9. The van der Waals surface area contributed by atoms with Gasteiger partial charge in [-0.05, 0) is 111 Å². The number of carboxylic acid groups (broad SMARTS) is 1. The van der Waals surface area contributed by atoms with Gasteiger partial charge in [-0.1, -0.05) is 60.1 Å². The second kappa shape index (κ2) is 12.9. The molecule has 49 heavy (non-hydrogen) atoms. The van der Waals surface area contributed by atoms with Crippen molar-refractivity contribution >= 4 is 17.9 Å². The second-order valence-corrected chi connectivity index (χ2v) is 18.6. The van der Waals surface area contributed by atoms with Crippen LogP contribution in [0, 0.1) is 56.7 Å². The van der Waals surface area contributed by atoms with Crippen LogP contribution in [0.25, 0.3) is 0 Å². The van der Waals surface area contributed by atoms with Gasteiger partial charge in [0.25, 0.3) is 0 Å². The van der Waals surface area contributed by atoms with Gasteiger partial charge in [-0.25, -0.2) is 0 Å². The maximum atomic E-state index is 13.5. The molecule has 9 heteroatoms. The zero-order chi connectivity index (χ0) is 35.7. The third-order valence-corrected chi connectivity index (χ3v) is 15.9. The summed E-state index contributed by atoms with van der Waals surface area (Å²) in [5, 5.41) is 14.4. The fourth-order valence-corrected chi connectivity index (χ4v) is 12.7. The molecule has 0 amide bonds. The van der Waals surface area contributed by atoms with Crippen LogP contribution >= 0.6 is 0 Å². The molecule has 0 aromatic heterocycles. The number of carbonyl (C=O) groups is 3. The first kappa shape index (κ1) is 36.8. The van der Waals surface area contributed by atoms with Crippen LogP contribution in [0.4, 0.5) is 0 Å². The summed E-state index contributed by atoms with van der Waals surface area (Å²) in [5.41, 5.74) is -0.427. The van der Waals surface area contributed by atoms with Gasteiger partial charge in [0, 0.05) is 23.8 Å². The Bertz CT molecular complexity index is 1340. The van der Waals surface area contributed by atoms with Gasteiger partial charge in [-0.2, -0.15) is 0 Å². The highest BCUT2D eigenvalue weighted by atomic mass is 16.6. The lowest BCUT2D eigenvalue weighted by Crippen LogP contribution is -2.70. The molecule has 2 heterocycles. The Labute approximate surface area is 294 Å². The zero-order valence-electron chi connectivity index (χ0n) is 31.7. The summed E-state index contributed by atoms with van der Waals surface area (Å²) in [7, 11) is 2.12. The third-order valence-electron chi connectivity index (χ3n) is 15.9. The van der Waals surface area contributed by atoms with Crippen molar-refractivity contribution < 1.29 is 33.7 Å². The number of fused-ring (bicyclic) bond motifs is 3. The predicted molar refractivity (Wildman–Crippen MR) is 188 cm³/mol. The van der Waals surface area contributed by atoms with Gasteiger partial charge in [0.05, 0.1) is 25.7 Å². The van der Waals surface area contributed by atoms with Gasteiger partial charge in [0.2, 0.25) is 0 Å². The van der Waals surface area contributed by atoms with Crippen molar-refractivity contribution in [3.05, 3.63) is 11.6 Å². The SMILES string of the molecule is CC(=O)O[C@@H]1C[C@@]23COC[C@@](C)([C@@H]2CC[C@H]2C3=CC[C@@]3(C)[C@H](C(=O)O)[C@@](C)([C@H](C)C(C)C)CC[C@]23C)[C@H]1OC(=O)CNC1CCN(C)CC1. The smallest absolute Gasteiger partial charge is 0.320 e. The average molecular weight is 685 g/mol. The molecular weight excluding hydrogens is 620 g/mol. The number of carbonyl (C=O) groups excluding carboxylic acids is 2. The topological polar surface area (TPSA) is 114 Å². The minimum atomic E-state index is -0.664. The van der Waals surface area contributed by atoms with Crippen molar-refractivity contribution in [3.63, 3.8) is 0 Å². The van der Waals surface area contributed by atoms with E-state index in [-0.39, 0.29) is 58.5 Å². The van der Waals surface area contributed by atoms with Crippen molar-refractivity contribution in [2.75, 3.05) is 39.9 Å². The van der Waals surface area contributed by atoms with E-state index in [0.29, 0.717) is 32.0 Å². The minimum Gasteiger partial charge on any atom is -0.481 e. The molecule has 0 aromatic carbocycles. The Morgan fingerprint density at radius 3 is 2.33 bits per heavy atom. The summed E-state index contributed by atoms with van der Waals surface area (Å²) in [6.45, 7) is 20.4. The molecule has 6 rings (SSSR count). The summed E-state index contributed by atoms with van der Waals surface area (Å²) in [4.78, 5) is 41.8. The molecule has 6 aliphatic rings. The van der Waals surface area contributed by atoms with Crippen molar-refractivity contribution in [1.82, 2.24) is 10.2 Å². The quantitative estimate of drug-likeness (QED) is 0.231. The van der Waals surface area contributed by atoms with Crippen molar-refractivity contribution in [1.29, 1.82) is 0 Å². The van der Waals surface area contributed by atoms with Crippen LogP contribution in [-0.4, -0.2) is 86.1 Å². The lowest BCUT2D eigenvalue weighted by atomic mass is 9.34. The number of hydrogen-bond donors (Lipinski definition) is 2. The molecule has 0 unspecified atom stereocenters. The van der Waals surface area contributed by atoms with Gasteiger partial charge in [0.15, 0.2) is 0 Å². The molecule has 2 bridgehead atoms. The van der Waals surface area contributed by atoms with Crippen LogP contribution in [0.1, 0.15) is 107 Å². The predicted octanol–water partition coefficient (Wildman–Crippen LogP) is 6.10. The zero-order valence-corrected chi connectivity index (χ0v) is 31.7. The van der Waals surface area contributed by atoms with E-state index in [1.165, 1.54) is 12.5 Å². The second-order valence-electron chi connectivity index (χ2n) is 18.6. The molecule has 5 fully saturated rings. The Balaban J connectivity index is 1.32. The molecule has 2 aliphatic heterocycles. The molecule has 11 atom stereocenters. The standard InChI is InChI=1S/C40H64N2O7/c1-24(2)25(3)36(5)16-17-38(7)28-10-11-31-37(6)22-47-23-40(31,29(28)12-15-39(38,8)33(36)35(45)46)20-30(48-26(4)43)34(37)49-32(44)21-41-27-13-18-42(9)19-14-27/h12,24-25,27-28,30-31,33-34,41H,10-11,13-23H2,1-9H3,(H,45,46)/t25-,28+,30-,31+,33-,34+,36-,37+,38-,39+,40+/m1/s1. The Kier molecular flexibility index (Phi) is 9.70. The Morgan fingerprint density at radius 2 is 1.69 bits per heavy atom. The van der Waals surface area contributed by atoms with E-state index in [0.717, 1.165) is 51.6 Å². The molecular formula is C40H64N2O7. The van der Waals surface area contributed by atoms with E-state index in [4.69, 9.17) is 14.2 Å². The summed E-state index contributed by atoms with van der Waals surface area (Å²) < 4.78 is 19.0. The van der Waals surface area contributed by atoms with Crippen LogP contribution in [-0.2, 0) is 28.6 Å². The number of nitrogens with one attached hydrogen (secondary N) is 1. The number of hydrogen-bond acceptors (Lipinski definition) is 8. The highest BCUT2D eigenvalue weighted by Gasteiger charge is 2.72. The number of allylic oxidation sites excluding steroid dienone is 1. The van der Waals surface area contributed by atoms with Gasteiger partial charge in [-0.15, -0.1) is 0 Å². The fraction of sp³-hybridized carbons (Fsp3) is 0.875. The van der Waals surface area contributed by atoms with E-state index in [1.54, 1.807) is 0 Å². The van der Waals surface area contributed by atoms with E-state index >= 15 is 0 Å². The molecule has 2 N–H and O–H groups in total.